The van der Waals surface area contributed by atoms with Gasteiger partial charge < -0.3 is 19.7 Å². The number of nitrogens with one attached hydrogen (secondary N) is 1. The topological polar surface area (TPSA) is 83.4 Å². The first-order chi connectivity index (χ1) is 18.8. The highest BCUT2D eigenvalue weighted by atomic mass is 32.1. The number of anilines is 2. The molecular weight excluding hydrogens is 541 g/mol. The van der Waals surface area contributed by atoms with Crippen molar-refractivity contribution >= 4 is 55.4 Å². The largest absolute Gasteiger partial charge is 0.416 e. The third kappa shape index (κ3) is 6.79. The molecule has 1 amide bonds. The van der Waals surface area contributed by atoms with E-state index in [1.165, 1.54) is 11.0 Å². The number of carbonyl (C=O) groups is 2. The van der Waals surface area contributed by atoms with Crippen molar-refractivity contribution in [1.82, 2.24) is 24.3 Å². The number of Topliss-reactive ketones (excluding diaryl/α,β-unsaturated/α-hetero) is 1. The highest BCUT2D eigenvalue weighted by Crippen LogP contribution is 2.35. The summed E-state index contributed by atoms with van der Waals surface area (Å²) in [4.78, 5) is 38.6. The number of alkyl halides is 3. The number of hydrogen-bond acceptors (Lipinski definition) is 7. The van der Waals surface area contributed by atoms with Gasteiger partial charge in [0.15, 0.2) is 10.9 Å². The Kier molecular flexibility index (Phi) is 8.79. The molecule has 40 heavy (non-hydrogen) atoms. The Labute approximate surface area is 234 Å². The zero-order chi connectivity index (χ0) is 29.2. The molecule has 2 aromatic heterocycles. The van der Waals surface area contributed by atoms with Crippen molar-refractivity contribution in [2.24, 2.45) is 13.0 Å². The van der Waals surface area contributed by atoms with Gasteiger partial charge in [0, 0.05) is 39.0 Å². The lowest BCUT2D eigenvalue weighted by atomic mass is 9.92. The predicted molar refractivity (Wildman–Crippen MR) is 152 cm³/mol. The van der Waals surface area contributed by atoms with Crippen LogP contribution in [0.15, 0.2) is 36.4 Å². The van der Waals surface area contributed by atoms with Crippen molar-refractivity contribution in [3.63, 3.8) is 0 Å². The average Bonchev–Trinajstić information content (AvgIpc) is 3.43. The minimum atomic E-state index is -4.43. The van der Waals surface area contributed by atoms with Crippen LogP contribution in [-0.4, -0.2) is 70.8 Å². The molecule has 4 aromatic rings. The molecule has 8 nitrogen and oxygen atoms in total. The van der Waals surface area contributed by atoms with Crippen LogP contribution in [0.5, 0.6) is 0 Å². The molecule has 0 saturated heterocycles. The van der Waals surface area contributed by atoms with Gasteiger partial charge in [-0.3, -0.25) is 9.59 Å². The van der Waals surface area contributed by atoms with Gasteiger partial charge in [-0.1, -0.05) is 17.8 Å². The van der Waals surface area contributed by atoms with Gasteiger partial charge >= 0.3 is 6.18 Å². The number of ketones is 1. The average molecular weight is 575 g/mol. The highest BCUT2D eigenvalue weighted by molar-refractivity contribution is 7.22. The molecule has 0 unspecified atom stereocenters. The second-order valence-electron chi connectivity index (χ2n) is 10.4. The molecular formula is C28H33F3N6O2S. The summed E-state index contributed by atoms with van der Waals surface area (Å²) in [7, 11) is 9.22. The zero-order valence-corrected chi connectivity index (χ0v) is 24.0. The van der Waals surface area contributed by atoms with Crippen LogP contribution in [-0.2, 0) is 18.0 Å². The van der Waals surface area contributed by atoms with Crippen molar-refractivity contribution < 1.29 is 22.8 Å². The van der Waals surface area contributed by atoms with E-state index in [0.29, 0.717) is 38.8 Å². The SMILES string of the molecule is CN(C)CCCC[C@H](CC(=O)c1ccc2c(c1)nc(Nc1nc3ccc(C(F)(F)F)cc3s1)n2C)C(=O)N(C)C. The van der Waals surface area contributed by atoms with E-state index in [-0.39, 0.29) is 18.1 Å². The Morgan fingerprint density at radius 1 is 1.02 bits per heavy atom. The molecule has 1 N–H and O–H groups in total. The molecule has 2 heterocycles. The van der Waals surface area contributed by atoms with E-state index in [2.05, 4.69) is 20.2 Å². The maximum Gasteiger partial charge on any atom is 0.416 e. The molecule has 12 heteroatoms. The lowest BCUT2D eigenvalue weighted by Gasteiger charge is -2.20. The van der Waals surface area contributed by atoms with E-state index >= 15 is 0 Å². The number of halogens is 3. The molecule has 0 aliphatic rings. The normalized spacial score (nSPS) is 12.8. The highest BCUT2D eigenvalue weighted by Gasteiger charge is 2.31. The van der Waals surface area contributed by atoms with Crippen LogP contribution in [0, 0.1) is 5.92 Å². The standard InChI is InChI=1S/C28H33F3N6O2S/c1-35(2)13-7-6-8-18(25(39)36(3)4)15-23(38)17-9-12-22-21(14-17)32-26(37(22)5)34-27-33-20-11-10-19(28(29,30)31)16-24(20)40-27/h9-12,14,16,18H,6-8,13,15H2,1-5H3,(H,32,33,34)/t18-/m1/s1. The van der Waals surface area contributed by atoms with Crippen molar-refractivity contribution in [3.8, 4) is 0 Å². The van der Waals surface area contributed by atoms with Gasteiger partial charge in [0.2, 0.25) is 11.9 Å². The van der Waals surface area contributed by atoms with Crippen LogP contribution in [0.25, 0.3) is 21.3 Å². The fourth-order valence-electron chi connectivity index (χ4n) is 4.57. The summed E-state index contributed by atoms with van der Waals surface area (Å²) in [6.45, 7) is 0.926. The van der Waals surface area contributed by atoms with Crippen LogP contribution in [0.4, 0.5) is 24.3 Å². The van der Waals surface area contributed by atoms with Crippen LogP contribution >= 0.6 is 11.3 Å². The van der Waals surface area contributed by atoms with Crippen molar-refractivity contribution in [3.05, 3.63) is 47.5 Å². The summed E-state index contributed by atoms with van der Waals surface area (Å²) in [6.07, 6.45) is -1.86. The number of thiazole rings is 1. The number of fused-ring (bicyclic) bond motifs is 2. The van der Waals surface area contributed by atoms with Crippen LogP contribution in [0.2, 0.25) is 0 Å². The summed E-state index contributed by atoms with van der Waals surface area (Å²) < 4.78 is 41.4. The van der Waals surface area contributed by atoms with E-state index in [9.17, 15) is 22.8 Å². The van der Waals surface area contributed by atoms with E-state index < -0.39 is 17.7 Å². The van der Waals surface area contributed by atoms with Gasteiger partial charge in [-0.15, -0.1) is 0 Å². The first kappa shape index (κ1) is 29.5. The van der Waals surface area contributed by atoms with Gasteiger partial charge in [0.25, 0.3) is 0 Å². The molecule has 0 aliphatic carbocycles. The zero-order valence-electron chi connectivity index (χ0n) is 23.2. The lowest BCUT2D eigenvalue weighted by Crippen LogP contribution is -2.31. The summed E-state index contributed by atoms with van der Waals surface area (Å²) in [5.41, 5.74) is 1.55. The number of benzene rings is 2. The number of unbranched alkanes of at least 4 members (excludes halogenated alkanes) is 1. The Bertz CT molecular complexity index is 1530. The Hall–Kier alpha value is -3.51. The molecule has 4 rings (SSSR count). The number of hydrogen-bond donors (Lipinski definition) is 1. The van der Waals surface area contributed by atoms with Gasteiger partial charge in [0.1, 0.15) is 0 Å². The molecule has 0 aliphatic heterocycles. The summed E-state index contributed by atoms with van der Waals surface area (Å²) in [6, 6.07) is 8.69. The third-order valence-electron chi connectivity index (χ3n) is 6.77. The predicted octanol–water partition coefficient (Wildman–Crippen LogP) is 5.95. The molecule has 0 spiro atoms. The van der Waals surface area contributed by atoms with Crippen LogP contribution < -0.4 is 5.32 Å². The van der Waals surface area contributed by atoms with Gasteiger partial charge in [-0.25, -0.2) is 9.97 Å². The monoisotopic (exact) mass is 574 g/mol. The number of rotatable bonds is 11. The molecule has 0 radical (unpaired) electrons. The first-order valence-electron chi connectivity index (χ1n) is 12.9. The fourth-order valence-corrected chi connectivity index (χ4v) is 5.47. The van der Waals surface area contributed by atoms with Crippen molar-refractivity contribution in [1.29, 1.82) is 0 Å². The lowest BCUT2D eigenvalue weighted by molar-refractivity contribution is -0.137. The quantitative estimate of drug-likeness (QED) is 0.176. The summed E-state index contributed by atoms with van der Waals surface area (Å²) >= 11 is 1.10. The van der Waals surface area contributed by atoms with Gasteiger partial charge in [-0.2, -0.15) is 13.2 Å². The van der Waals surface area contributed by atoms with Gasteiger partial charge in [0.05, 0.1) is 26.8 Å². The number of amides is 1. The number of imidazole rings is 1. The molecule has 214 valence electrons. The Balaban J connectivity index is 1.51. The van der Waals surface area contributed by atoms with Crippen molar-refractivity contribution in [2.45, 2.75) is 31.9 Å². The molecule has 0 fully saturated rings. The number of carbonyl (C=O) groups excluding carboxylic acids is 2. The van der Waals surface area contributed by atoms with E-state index in [4.69, 9.17) is 0 Å². The van der Waals surface area contributed by atoms with Crippen LogP contribution in [0.3, 0.4) is 0 Å². The van der Waals surface area contributed by atoms with Crippen LogP contribution in [0.1, 0.15) is 41.6 Å². The van der Waals surface area contributed by atoms with E-state index in [0.717, 1.165) is 48.4 Å². The Morgan fingerprint density at radius 3 is 2.45 bits per heavy atom. The number of aryl methyl sites for hydroxylation is 1. The van der Waals surface area contributed by atoms with Crippen molar-refractivity contribution in [2.75, 3.05) is 40.1 Å². The number of aromatic nitrogens is 3. The van der Waals surface area contributed by atoms with E-state index in [1.54, 1.807) is 43.9 Å². The minimum Gasteiger partial charge on any atom is -0.349 e. The summed E-state index contributed by atoms with van der Waals surface area (Å²) in [5, 5.41) is 3.50. The Morgan fingerprint density at radius 2 is 1.77 bits per heavy atom. The second kappa shape index (κ2) is 11.9. The number of nitrogens with zero attached hydrogens (tertiary/aromatic N) is 5. The van der Waals surface area contributed by atoms with E-state index in [1.807, 2.05) is 14.1 Å². The minimum absolute atomic E-state index is 0.0539. The maximum absolute atomic E-state index is 13.2. The fraction of sp³-hybridized carbons (Fsp3) is 0.429. The first-order valence-corrected chi connectivity index (χ1v) is 13.8. The third-order valence-corrected chi connectivity index (χ3v) is 7.70. The molecule has 1 atom stereocenters. The second-order valence-corrected chi connectivity index (χ2v) is 11.4. The maximum atomic E-state index is 13.2. The molecule has 0 saturated carbocycles. The smallest absolute Gasteiger partial charge is 0.349 e. The molecule has 2 aromatic carbocycles. The summed E-state index contributed by atoms with van der Waals surface area (Å²) in [5.74, 6) is -0.127. The van der Waals surface area contributed by atoms with Gasteiger partial charge in [-0.05, 0) is 69.9 Å². The molecule has 0 bridgehead atoms.